The fraction of sp³-hybridized carbons (Fsp3) is 0.414. The number of anilines is 1. The highest BCUT2D eigenvalue weighted by Gasteiger charge is 2.38. The molecule has 1 fully saturated rings. The Balaban J connectivity index is 0.000000493. The minimum Gasteiger partial charge on any atom is -0.508 e. The van der Waals surface area contributed by atoms with Gasteiger partial charge in [0, 0.05) is 19.3 Å². The van der Waals surface area contributed by atoms with Crippen LogP contribution in [0.1, 0.15) is 42.0 Å². The van der Waals surface area contributed by atoms with Gasteiger partial charge in [-0.2, -0.15) is 13.2 Å². The maximum absolute atomic E-state index is 10.6. The van der Waals surface area contributed by atoms with Crippen LogP contribution >= 0.6 is 11.6 Å². The van der Waals surface area contributed by atoms with Gasteiger partial charge in [-0.15, -0.1) is 0 Å². The van der Waals surface area contributed by atoms with E-state index in [2.05, 4.69) is 44.0 Å². The summed E-state index contributed by atoms with van der Waals surface area (Å²) >= 11 is 6.10. The van der Waals surface area contributed by atoms with Crippen LogP contribution in [0.15, 0.2) is 54.7 Å². The fourth-order valence-electron chi connectivity index (χ4n) is 5.10. The van der Waals surface area contributed by atoms with E-state index in [9.17, 15) is 18.3 Å². The Hall–Kier alpha value is -3.57. The number of aromatic nitrogens is 2. The largest absolute Gasteiger partial charge is 0.508 e. The molecule has 0 radical (unpaired) electrons. The summed E-state index contributed by atoms with van der Waals surface area (Å²) in [6.07, 6.45) is 2.23. The third kappa shape index (κ3) is 8.71. The van der Waals surface area contributed by atoms with Crippen molar-refractivity contribution >= 4 is 23.4 Å². The molecule has 0 amide bonds. The Morgan fingerprint density at radius 2 is 1.76 bits per heavy atom. The van der Waals surface area contributed by atoms with E-state index >= 15 is 0 Å². The zero-order chi connectivity index (χ0) is 29.4. The Morgan fingerprint density at radius 1 is 1.05 bits per heavy atom. The quantitative estimate of drug-likeness (QED) is 0.338. The second-order valence-electron chi connectivity index (χ2n) is 9.93. The summed E-state index contributed by atoms with van der Waals surface area (Å²) < 4.78 is 37.8. The maximum atomic E-state index is 10.6. The van der Waals surface area contributed by atoms with E-state index in [0.717, 1.165) is 44.1 Å². The molecule has 1 unspecified atom stereocenters. The van der Waals surface area contributed by atoms with Gasteiger partial charge in [0.15, 0.2) is 0 Å². The number of aromatic hydroxyl groups is 1. The molecule has 41 heavy (non-hydrogen) atoms. The van der Waals surface area contributed by atoms with E-state index < -0.39 is 12.1 Å². The number of piperidine rings is 1. The molecule has 2 aliphatic heterocycles. The highest BCUT2D eigenvalue weighted by molar-refractivity contribution is 6.28. The van der Waals surface area contributed by atoms with Crippen LogP contribution in [-0.2, 0) is 17.6 Å². The molecule has 0 spiro atoms. The first-order valence-electron chi connectivity index (χ1n) is 13.4. The number of nitrogens with zero attached hydrogens (tertiary/aromatic N) is 4. The summed E-state index contributed by atoms with van der Waals surface area (Å²) in [6.45, 7) is 4.89. The molecule has 0 bridgehead atoms. The minimum absolute atomic E-state index is 0.0844. The molecule has 5 rings (SSSR count). The molecular formula is C29H32ClF3N4O4. The lowest BCUT2D eigenvalue weighted by Gasteiger charge is -2.38. The highest BCUT2D eigenvalue weighted by Crippen LogP contribution is 2.37. The standard InChI is InChI=1S/C27H31ClN4O2.C2HF3O2/c28-27-29-12-10-26(30-27)32-15-11-21-19-22(33)6-9-24(21)25(32)18-20-4-7-23(8-5-20)34-17-16-31-13-2-1-3-14-31;3-2(4,5)1(6)7/h4-10,12,19,25,33H,1-3,11,13-18H2;(H,6,7). The molecule has 8 nitrogen and oxygen atoms in total. The van der Waals surface area contributed by atoms with E-state index in [-0.39, 0.29) is 11.3 Å². The third-order valence-electron chi connectivity index (χ3n) is 7.11. The smallest absolute Gasteiger partial charge is 0.490 e. The number of phenolic OH excluding ortho intramolecular Hbond substituents is 1. The van der Waals surface area contributed by atoms with Crippen LogP contribution in [0.4, 0.5) is 19.0 Å². The van der Waals surface area contributed by atoms with Gasteiger partial charge in [-0.3, -0.25) is 4.90 Å². The number of carboxylic acids is 1. The number of benzene rings is 2. The lowest BCUT2D eigenvalue weighted by molar-refractivity contribution is -0.192. The maximum Gasteiger partial charge on any atom is 0.490 e. The molecule has 1 saturated heterocycles. The molecule has 3 aromatic rings. The number of likely N-dealkylation sites (tertiary alicyclic amines) is 1. The van der Waals surface area contributed by atoms with Gasteiger partial charge >= 0.3 is 12.1 Å². The SMILES string of the molecule is O=C(O)C(F)(F)F.Oc1ccc2c(c1)CCN(c1ccnc(Cl)n1)C2Cc1ccc(OCCN2CCCCC2)cc1. The number of hydrogen-bond donors (Lipinski definition) is 2. The van der Waals surface area contributed by atoms with E-state index in [1.807, 2.05) is 18.2 Å². The van der Waals surface area contributed by atoms with Crippen molar-refractivity contribution in [3.63, 3.8) is 0 Å². The number of carbonyl (C=O) groups is 1. The molecule has 1 aromatic heterocycles. The molecular weight excluding hydrogens is 561 g/mol. The van der Waals surface area contributed by atoms with Gasteiger partial charge in [0.05, 0.1) is 6.04 Å². The molecule has 1 atom stereocenters. The zero-order valence-corrected chi connectivity index (χ0v) is 23.1. The van der Waals surface area contributed by atoms with Crippen molar-refractivity contribution in [3.05, 3.63) is 76.7 Å². The monoisotopic (exact) mass is 592 g/mol. The molecule has 12 heteroatoms. The van der Waals surface area contributed by atoms with Crippen LogP contribution in [-0.4, -0.2) is 70.0 Å². The van der Waals surface area contributed by atoms with Crippen LogP contribution in [0.25, 0.3) is 0 Å². The molecule has 0 saturated carbocycles. The number of hydrogen-bond acceptors (Lipinski definition) is 7. The van der Waals surface area contributed by atoms with Crippen LogP contribution in [0.3, 0.4) is 0 Å². The summed E-state index contributed by atoms with van der Waals surface area (Å²) in [5.74, 6) is -0.717. The summed E-state index contributed by atoms with van der Waals surface area (Å²) in [7, 11) is 0. The second-order valence-corrected chi connectivity index (χ2v) is 10.3. The van der Waals surface area contributed by atoms with Gasteiger partial charge in [-0.1, -0.05) is 24.6 Å². The van der Waals surface area contributed by atoms with Gasteiger partial charge in [-0.05, 0) is 97.4 Å². The minimum atomic E-state index is -5.08. The van der Waals surface area contributed by atoms with Crippen molar-refractivity contribution in [3.8, 4) is 11.5 Å². The van der Waals surface area contributed by atoms with E-state index in [1.54, 1.807) is 12.3 Å². The number of fused-ring (bicyclic) bond motifs is 1. The predicted molar refractivity (Wildman–Crippen MR) is 149 cm³/mol. The van der Waals surface area contributed by atoms with Gasteiger partial charge in [0.1, 0.15) is 23.9 Å². The van der Waals surface area contributed by atoms with Crippen LogP contribution in [0, 0.1) is 0 Å². The molecule has 0 aliphatic carbocycles. The Kier molecular flexibility index (Phi) is 10.3. The topological polar surface area (TPSA) is 99.0 Å². The van der Waals surface area contributed by atoms with Crippen molar-refractivity contribution in [1.29, 1.82) is 0 Å². The highest BCUT2D eigenvalue weighted by atomic mass is 35.5. The van der Waals surface area contributed by atoms with Crippen LogP contribution in [0.5, 0.6) is 11.5 Å². The van der Waals surface area contributed by atoms with Crippen molar-refractivity contribution in [1.82, 2.24) is 14.9 Å². The normalized spacial score (nSPS) is 17.3. The van der Waals surface area contributed by atoms with Crippen LogP contribution < -0.4 is 9.64 Å². The first-order chi connectivity index (χ1) is 19.6. The summed E-state index contributed by atoms with van der Waals surface area (Å²) in [4.78, 5) is 22.2. The number of aliphatic carboxylic acids is 1. The first-order valence-corrected chi connectivity index (χ1v) is 13.8. The van der Waals surface area contributed by atoms with Gasteiger partial charge in [-0.25, -0.2) is 14.8 Å². The average Bonchev–Trinajstić information content (AvgIpc) is 2.94. The molecule has 3 heterocycles. The van der Waals surface area contributed by atoms with E-state index in [1.165, 1.54) is 49.0 Å². The molecule has 2 N–H and O–H groups in total. The van der Waals surface area contributed by atoms with E-state index in [4.69, 9.17) is 26.2 Å². The number of phenols is 1. The zero-order valence-electron chi connectivity index (χ0n) is 22.4. The van der Waals surface area contributed by atoms with Gasteiger partial charge in [0.2, 0.25) is 5.28 Å². The predicted octanol–water partition coefficient (Wildman–Crippen LogP) is 5.68. The third-order valence-corrected chi connectivity index (χ3v) is 7.29. The number of alkyl halides is 3. The first kappa shape index (κ1) is 30.4. The van der Waals surface area contributed by atoms with Crippen molar-refractivity contribution in [2.24, 2.45) is 0 Å². The Morgan fingerprint density at radius 3 is 2.41 bits per heavy atom. The number of carboxylic acid groups (broad SMARTS) is 1. The fourth-order valence-corrected chi connectivity index (χ4v) is 5.24. The average molecular weight is 593 g/mol. The summed E-state index contributed by atoms with van der Waals surface area (Å²) in [5.41, 5.74) is 3.61. The van der Waals surface area contributed by atoms with Crippen LogP contribution in [0.2, 0.25) is 5.28 Å². The van der Waals surface area contributed by atoms with Gasteiger partial charge < -0.3 is 19.8 Å². The lowest BCUT2D eigenvalue weighted by Crippen LogP contribution is -2.37. The van der Waals surface area contributed by atoms with Crippen molar-refractivity contribution < 1.29 is 32.9 Å². The molecule has 2 aromatic carbocycles. The second kappa shape index (κ2) is 13.9. The van der Waals surface area contributed by atoms with Crippen molar-refractivity contribution in [2.45, 2.75) is 44.3 Å². The van der Waals surface area contributed by atoms with E-state index in [0.29, 0.717) is 5.75 Å². The molecule has 220 valence electrons. The molecule has 2 aliphatic rings. The number of ether oxygens (including phenoxy) is 1. The Bertz CT molecular complexity index is 1300. The Labute approximate surface area is 241 Å². The van der Waals surface area contributed by atoms with Gasteiger partial charge in [0.25, 0.3) is 0 Å². The van der Waals surface area contributed by atoms with Crippen molar-refractivity contribution in [2.75, 3.05) is 37.7 Å². The summed E-state index contributed by atoms with van der Waals surface area (Å²) in [6, 6.07) is 16.1. The summed E-state index contributed by atoms with van der Waals surface area (Å²) in [5, 5.41) is 17.4. The number of halogens is 4. The number of rotatable bonds is 7. The lowest BCUT2D eigenvalue weighted by atomic mass is 9.88.